The van der Waals surface area contributed by atoms with Gasteiger partial charge < -0.3 is 18.6 Å². The fourth-order valence-corrected chi connectivity index (χ4v) is 3.53. The third-order valence-corrected chi connectivity index (χ3v) is 5.24. The Kier molecular flexibility index (Phi) is 6.04. The van der Waals surface area contributed by atoms with Gasteiger partial charge in [0.15, 0.2) is 5.76 Å². The van der Waals surface area contributed by atoms with Crippen molar-refractivity contribution < 1.29 is 23.4 Å². The smallest absolute Gasteiger partial charge is 0.231 e. The van der Waals surface area contributed by atoms with E-state index in [9.17, 15) is 4.79 Å². The van der Waals surface area contributed by atoms with Crippen molar-refractivity contribution in [3.05, 3.63) is 77.8 Å². The van der Waals surface area contributed by atoms with Gasteiger partial charge in [-0.25, -0.2) is 4.68 Å². The van der Waals surface area contributed by atoms with E-state index in [1.165, 1.54) is 7.11 Å². The van der Waals surface area contributed by atoms with Crippen molar-refractivity contribution in [1.82, 2.24) is 15.0 Å². The molecule has 0 amide bonds. The Hall–Kier alpha value is -3.91. The minimum atomic E-state index is -0.805. The number of furan rings is 1. The summed E-state index contributed by atoms with van der Waals surface area (Å²) in [6.07, 6.45) is 2.54. The van der Waals surface area contributed by atoms with Crippen LogP contribution in [0, 0.1) is 6.92 Å². The van der Waals surface area contributed by atoms with Crippen LogP contribution in [0.2, 0.25) is 0 Å². The maximum absolute atomic E-state index is 13.1. The SMILES string of the molecule is COc1cc(-c2ccc(C(=O)C(OC)c3ccc(-n4ccnn4)cc3)o2)cc(OC)c1C. The van der Waals surface area contributed by atoms with Crippen molar-refractivity contribution in [2.75, 3.05) is 21.3 Å². The van der Waals surface area contributed by atoms with Crippen LogP contribution in [0.3, 0.4) is 0 Å². The summed E-state index contributed by atoms with van der Waals surface area (Å²) < 4.78 is 23.9. The Labute approximate surface area is 185 Å². The lowest BCUT2D eigenvalue weighted by atomic mass is 10.0. The number of hydrogen-bond donors (Lipinski definition) is 0. The van der Waals surface area contributed by atoms with Gasteiger partial charge in [-0.3, -0.25) is 4.79 Å². The van der Waals surface area contributed by atoms with Gasteiger partial charge in [-0.05, 0) is 48.9 Å². The van der Waals surface area contributed by atoms with Crippen molar-refractivity contribution in [2.24, 2.45) is 0 Å². The van der Waals surface area contributed by atoms with Crippen LogP contribution >= 0.6 is 0 Å². The Morgan fingerprint density at radius 3 is 2.25 bits per heavy atom. The summed E-state index contributed by atoms with van der Waals surface area (Å²) in [4.78, 5) is 13.1. The Morgan fingerprint density at radius 1 is 1.00 bits per heavy atom. The van der Waals surface area contributed by atoms with Crippen LogP contribution < -0.4 is 9.47 Å². The molecule has 0 aliphatic carbocycles. The molecule has 164 valence electrons. The summed E-state index contributed by atoms with van der Waals surface area (Å²) >= 11 is 0. The number of benzene rings is 2. The fraction of sp³-hybridized carbons (Fsp3) is 0.208. The predicted octanol–water partition coefficient (Wildman–Crippen LogP) is 4.42. The summed E-state index contributed by atoms with van der Waals surface area (Å²) in [6, 6.07) is 14.4. The highest BCUT2D eigenvalue weighted by molar-refractivity contribution is 5.98. The third-order valence-electron chi connectivity index (χ3n) is 5.24. The second-order valence-corrected chi connectivity index (χ2v) is 7.09. The molecule has 8 nitrogen and oxygen atoms in total. The first-order valence-corrected chi connectivity index (χ1v) is 9.92. The number of rotatable bonds is 8. The van der Waals surface area contributed by atoms with Crippen molar-refractivity contribution in [3.8, 4) is 28.5 Å². The number of ketones is 1. The van der Waals surface area contributed by atoms with Gasteiger partial charge in [0.2, 0.25) is 5.78 Å². The first kappa shape index (κ1) is 21.3. The number of methoxy groups -OCH3 is 3. The number of aromatic nitrogens is 3. The number of carbonyl (C=O) groups is 1. The molecule has 1 atom stereocenters. The first-order valence-electron chi connectivity index (χ1n) is 9.92. The predicted molar refractivity (Wildman–Crippen MR) is 117 cm³/mol. The summed E-state index contributed by atoms with van der Waals surface area (Å²) in [5.74, 6) is 1.79. The summed E-state index contributed by atoms with van der Waals surface area (Å²) in [5.41, 5.74) is 3.17. The van der Waals surface area contributed by atoms with E-state index in [1.807, 2.05) is 43.3 Å². The Balaban J connectivity index is 1.60. The molecule has 0 saturated heterocycles. The van der Waals surface area contributed by atoms with Gasteiger partial charge in [0, 0.05) is 18.2 Å². The number of hydrogen-bond acceptors (Lipinski definition) is 7. The molecule has 0 saturated carbocycles. The van der Waals surface area contributed by atoms with Crippen molar-refractivity contribution in [2.45, 2.75) is 13.0 Å². The molecule has 1 unspecified atom stereocenters. The Bertz CT molecular complexity index is 1190. The molecule has 2 aromatic carbocycles. The molecule has 0 aliphatic rings. The van der Waals surface area contributed by atoms with E-state index >= 15 is 0 Å². The quantitative estimate of drug-likeness (QED) is 0.380. The van der Waals surface area contributed by atoms with Crippen molar-refractivity contribution in [3.63, 3.8) is 0 Å². The molecule has 2 heterocycles. The molecular formula is C24H23N3O5. The van der Waals surface area contributed by atoms with Gasteiger partial charge in [-0.2, -0.15) is 0 Å². The largest absolute Gasteiger partial charge is 0.496 e. The van der Waals surface area contributed by atoms with Crippen molar-refractivity contribution >= 4 is 5.78 Å². The molecule has 32 heavy (non-hydrogen) atoms. The van der Waals surface area contributed by atoms with Crippen LogP contribution in [-0.2, 0) is 4.74 Å². The van der Waals surface area contributed by atoms with Gasteiger partial charge in [0.25, 0.3) is 0 Å². The fourth-order valence-electron chi connectivity index (χ4n) is 3.53. The highest BCUT2D eigenvalue weighted by Gasteiger charge is 2.25. The van der Waals surface area contributed by atoms with E-state index in [4.69, 9.17) is 18.6 Å². The van der Waals surface area contributed by atoms with Crippen LogP contribution in [-0.4, -0.2) is 42.1 Å². The number of ether oxygens (including phenoxy) is 3. The van der Waals surface area contributed by atoms with E-state index in [1.54, 1.807) is 43.4 Å². The van der Waals surface area contributed by atoms with E-state index in [-0.39, 0.29) is 11.5 Å². The molecule has 2 aromatic heterocycles. The molecule has 4 aromatic rings. The zero-order valence-corrected chi connectivity index (χ0v) is 18.2. The molecule has 4 rings (SSSR count). The average Bonchev–Trinajstić information content (AvgIpc) is 3.53. The van der Waals surface area contributed by atoms with Crippen molar-refractivity contribution in [1.29, 1.82) is 0 Å². The van der Waals surface area contributed by atoms with Crippen LogP contribution in [0.5, 0.6) is 11.5 Å². The molecular weight excluding hydrogens is 410 g/mol. The summed E-state index contributed by atoms with van der Waals surface area (Å²) in [7, 11) is 4.69. The van der Waals surface area contributed by atoms with Crippen LogP contribution in [0.15, 0.2) is 65.3 Å². The lowest BCUT2D eigenvalue weighted by molar-refractivity contribution is 0.0577. The maximum Gasteiger partial charge on any atom is 0.231 e. The molecule has 0 radical (unpaired) electrons. The molecule has 0 aliphatic heterocycles. The van der Waals surface area contributed by atoms with Crippen LogP contribution in [0.25, 0.3) is 17.0 Å². The van der Waals surface area contributed by atoms with Crippen LogP contribution in [0.1, 0.15) is 27.8 Å². The Morgan fingerprint density at radius 2 is 1.69 bits per heavy atom. The molecule has 0 N–H and O–H groups in total. The third kappa shape index (κ3) is 4.00. The molecule has 0 fully saturated rings. The van der Waals surface area contributed by atoms with E-state index < -0.39 is 6.10 Å². The standard InChI is InChI=1S/C24H23N3O5/c1-15-21(29-2)13-17(14-22(15)30-3)19-9-10-20(32-19)23(28)24(31-4)16-5-7-18(8-6-16)27-12-11-25-26-27/h5-14,24H,1-4H3. The highest BCUT2D eigenvalue weighted by Crippen LogP contribution is 2.35. The summed E-state index contributed by atoms with van der Waals surface area (Å²) in [5, 5.41) is 7.76. The minimum Gasteiger partial charge on any atom is -0.496 e. The number of nitrogens with zero attached hydrogens (tertiary/aromatic N) is 3. The van der Waals surface area contributed by atoms with Gasteiger partial charge in [0.1, 0.15) is 23.4 Å². The van der Waals surface area contributed by atoms with Crippen LogP contribution in [0.4, 0.5) is 0 Å². The monoisotopic (exact) mass is 433 g/mol. The number of carbonyl (C=O) groups excluding carboxylic acids is 1. The lowest BCUT2D eigenvalue weighted by Gasteiger charge is -2.14. The minimum absolute atomic E-state index is 0.200. The van der Waals surface area contributed by atoms with Gasteiger partial charge in [0.05, 0.1) is 32.3 Å². The second kappa shape index (κ2) is 9.07. The highest BCUT2D eigenvalue weighted by atomic mass is 16.5. The van der Waals surface area contributed by atoms with E-state index in [0.29, 0.717) is 22.8 Å². The van der Waals surface area contributed by atoms with E-state index in [0.717, 1.165) is 16.8 Å². The lowest BCUT2D eigenvalue weighted by Crippen LogP contribution is -2.14. The zero-order chi connectivity index (χ0) is 22.7. The second-order valence-electron chi connectivity index (χ2n) is 7.09. The molecule has 0 spiro atoms. The van der Waals surface area contributed by atoms with Gasteiger partial charge in [-0.15, -0.1) is 5.10 Å². The normalized spacial score (nSPS) is 11.9. The average molecular weight is 433 g/mol. The van der Waals surface area contributed by atoms with Gasteiger partial charge in [-0.1, -0.05) is 17.3 Å². The maximum atomic E-state index is 13.1. The topological polar surface area (TPSA) is 88.6 Å². The molecule has 0 bridgehead atoms. The summed E-state index contributed by atoms with van der Waals surface area (Å²) in [6.45, 7) is 1.91. The number of Topliss-reactive ketones (excluding diaryl/α,β-unsaturated/α-hetero) is 1. The zero-order valence-electron chi connectivity index (χ0n) is 18.2. The van der Waals surface area contributed by atoms with Gasteiger partial charge >= 0.3 is 0 Å². The first-order chi connectivity index (χ1) is 15.5. The van der Waals surface area contributed by atoms with E-state index in [2.05, 4.69) is 10.3 Å². The molecule has 8 heteroatoms.